The van der Waals surface area contributed by atoms with Gasteiger partial charge in [0.1, 0.15) is 0 Å². The molecule has 30 heavy (non-hydrogen) atoms. The Balaban J connectivity index is 1.68. The second-order valence-corrected chi connectivity index (χ2v) is 7.26. The zero-order valence-corrected chi connectivity index (χ0v) is 17.0. The molecule has 1 unspecified atom stereocenters. The van der Waals surface area contributed by atoms with Crippen molar-refractivity contribution in [3.8, 4) is 11.3 Å². The van der Waals surface area contributed by atoms with Gasteiger partial charge >= 0.3 is 0 Å². The standard InChI is InChI=1S/C25H23N3O2/c1-3-17(2)19-8-10-20(11-9-19)24-14-22(21-6-4-5-7-23(21)27-24)25(29)28-26-15-18-12-13-30-16-18/h4-17H,3H2,1-2H3,(H,28,29). The second kappa shape index (κ2) is 8.74. The fourth-order valence-corrected chi connectivity index (χ4v) is 3.30. The largest absolute Gasteiger partial charge is 0.472 e. The van der Waals surface area contributed by atoms with Gasteiger partial charge in [0.05, 0.1) is 35.5 Å². The number of hydrazone groups is 1. The van der Waals surface area contributed by atoms with Gasteiger partial charge < -0.3 is 4.42 Å². The molecular weight excluding hydrogens is 374 g/mol. The van der Waals surface area contributed by atoms with E-state index in [4.69, 9.17) is 9.40 Å². The maximum Gasteiger partial charge on any atom is 0.272 e. The first-order valence-electron chi connectivity index (χ1n) is 10.0. The van der Waals surface area contributed by atoms with Crippen LogP contribution in [-0.2, 0) is 0 Å². The van der Waals surface area contributed by atoms with Crippen LogP contribution < -0.4 is 5.43 Å². The fourth-order valence-electron chi connectivity index (χ4n) is 3.30. The maximum atomic E-state index is 12.9. The van der Waals surface area contributed by atoms with E-state index in [0.717, 1.165) is 34.1 Å². The van der Waals surface area contributed by atoms with Crippen LogP contribution in [0.1, 0.15) is 47.7 Å². The quantitative estimate of drug-likeness (QED) is 0.332. The molecule has 0 aliphatic heterocycles. The van der Waals surface area contributed by atoms with Gasteiger partial charge in [-0.25, -0.2) is 10.4 Å². The molecular formula is C25H23N3O2. The number of fused-ring (bicyclic) bond motifs is 1. The lowest BCUT2D eigenvalue weighted by Gasteiger charge is -2.11. The smallest absolute Gasteiger partial charge is 0.272 e. The number of aromatic nitrogens is 1. The molecule has 0 fully saturated rings. The van der Waals surface area contributed by atoms with Crippen molar-refractivity contribution in [2.24, 2.45) is 5.10 Å². The van der Waals surface area contributed by atoms with Crippen LogP contribution in [0.2, 0.25) is 0 Å². The number of benzene rings is 2. The van der Waals surface area contributed by atoms with Gasteiger partial charge in [0, 0.05) is 16.5 Å². The number of nitrogens with zero attached hydrogens (tertiary/aromatic N) is 2. The van der Waals surface area contributed by atoms with E-state index in [2.05, 4.69) is 48.6 Å². The zero-order valence-electron chi connectivity index (χ0n) is 17.0. The molecule has 5 nitrogen and oxygen atoms in total. The number of furan rings is 1. The molecule has 0 aliphatic carbocycles. The molecule has 2 heterocycles. The highest BCUT2D eigenvalue weighted by Gasteiger charge is 2.14. The maximum absolute atomic E-state index is 12.9. The first-order valence-corrected chi connectivity index (χ1v) is 10.0. The molecule has 4 aromatic rings. The molecule has 0 aliphatic rings. The Morgan fingerprint density at radius 3 is 2.70 bits per heavy atom. The minimum atomic E-state index is -0.286. The number of pyridine rings is 1. The molecule has 0 radical (unpaired) electrons. The van der Waals surface area contributed by atoms with Crippen molar-refractivity contribution in [1.82, 2.24) is 10.4 Å². The Hall–Kier alpha value is -3.73. The van der Waals surface area contributed by atoms with E-state index in [1.807, 2.05) is 30.3 Å². The van der Waals surface area contributed by atoms with Gasteiger partial charge in [-0.15, -0.1) is 0 Å². The van der Waals surface area contributed by atoms with Gasteiger partial charge in [0.2, 0.25) is 0 Å². The van der Waals surface area contributed by atoms with Crippen molar-refractivity contribution in [2.45, 2.75) is 26.2 Å². The molecule has 2 aromatic heterocycles. The van der Waals surface area contributed by atoms with Crippen molar-refractivity contribution in [1.29, 1.82) is 0 Å². The number of nitrogens with one attached hydrogen (secondary N) is 1. The first kappa shape index (κ1) is 19.6. The average Bonchev–Trinajstić information content (AvgIpc) is 3.31. The molecule has 4 rings (SSSR count). The monoisotopic (exact) mass is 397 g/mol. The van der Waals surface area contributed by atoms with Crippen LogP contribution in [0.5, 0.6) is 0 Å². The van der Waals surface area contributed by atoms with E-state index in [9.17, 15) is 4.79 Å². The van der Waals surface area contributed by atoms with Crippen LogP contribution >= 0.6 is 0 Å². The highest BCUT2D eigenvalue weighted by Crippen LogP contribution is 2.27. The third-order valence-corrected chi connectivity index (χ3v) is 5.27. The van der Waals surface area contributed by atoms with Crippen LogP contribution in [0.4, 0.5) is 0 Å². The Labute approximate surface area is 175 Å². The van der Waals surface area contributed by atoms with Crippen molar-refractivity contribution < 1.29 is 9.21 Å². The van der Waals surface area contributed by atoms with Crippen LogP contribution in [0.25, 0.3) is 22.2 Å². The van der Waals surface area contributed by atoms with E-state index in [-0.39, 0.29) is 5.91 Å². The summed E-state index contributed by atoms with van der Waals surface area (Å²) < 4.78 is 5.00. The Morgan fingerprint density at radius 2 is 1.97 bits per heavy atom. The van der Waals surface area contributed by atoms with E-state index in [0.29, 0.717) is 11.5 Å². The van der Waals surface area contributed by atoms with E-state index in [1.165, 1.54) is 5.56 Å². The molecule has 0 saturated carbocycles. The van der Waals surface area contributed by atoms with Crippen LogP contribution in [0.3, 0.4) is 0 Å². The highest BCUT2D eigenvalue weighted by atomic mass is 16.3. The van der Waals surface area contributed by atoms with Crippen molar-refractivity contribution in [3.05, 3.63) is 89.9 Å². The summed E-state index contributed by atoms with van der Waals surface area (Å²) in [7, 11) is 0. The summed E-state index contributed by atoms with van der Waals surface area (Å²) in [4.78, 5) is 17.7. The summed E-state index contributed by atoms with van der Waals surface area (Å²) >= 11 is 0. The predicted molar refractivity (Wildman–Crippen MR) is 120 cm³/mol. The predicted octanol–water partition coefficient (Wildman–Crippen LogP) is 5.77. The zero-order chi connectivity index (χ0) is 20.9. The fraction of sp³-hybridized carbons (Fsp3) is 0.160. The van der Waals surface area contributed by atoms with Gasteiger partial charge in [-0.1, -0.05) is 56.3 Å². The number of para-hydroxylation sites is 1. The summed E-state index contributed by atoms with van der Waals surface area (Å²) in [5.74, 6) is 0.226. The summed E-state index contributed by atoms with van der Waals surface area (Å²) in [6.45, 7) is 4.40. The SMILES string of the molecule is CCC(C)c1ccc(-c2cc(C(=O)NN=Cc3ccoc3)c3ccccc3n2)cc1. The number of hydrogen-bond acceptors (Lipinski definition) is 4. The number of rotatable bonds is 6. The molecule has 1 N–H and O–H groups in total. The topological polar surface area (TPSA) is 67.5 Å². The van der Waals surface area contributed by atoms with E-state index in [1.54, 1.807) is 24.8 Å². The molecule has 0 spiro atoms. The third-order valence-electron chi connectivity index (χ3n) is 5.27. The molecule has 0 saturated heterocycles. The second-order valence-electron chi connectivity index (χ2n) is 7.26. The van der Waals surface area contributed by atoms with Gasteiger partial charge in [-0.2, -0.15) is 5.10 Å². The number of amides is 1. The lowest BCUT2D eigenvalue weighted by Crippen LogP contribution is -2.18. The Kier molecular flexibility index (Phi) is 5.70. The molecule has 1 atom stereocenters. The third kappa shape index (κ3) is 4.15. The van der Waals surface area contributed by atoms with Crippen molar-refractivity contribution >= 4 is 23.0 Å². The average molecular weight is 397 g/mol. The van der Waals surface area contributed by atoms with Gasteiger partial charge in [0.15, 0.2) is 0 Å². The Bertz CT molecular complexity index is 1180. The van der Waals surface area contributed by atoms with Crippen LogP contribution in [0.15, 0.2) is 82.7 Å². The van der Waals surface area contributed by atoms with Crippen molar-refractivity contribution in [3.63, 3.8) is 0 Å². The van der Waals surface area contributed by atoms with Crippen molar-refractivity contribution in [2.75, 3.05) is 0 Å². The first-order chi connectivity index (χ1) is 14.7. The molecule has 5 heteroatoms. The van der Waals surface area contributed by atoms with Gasteiger partial charge in [-0.05, 0) is 36.1 Å². The highest BCUT2D eigenvalue weighted by molar-refractivity contribution is 6.07. The molecule has 150 valence electrons. The van der Waals surface area contributed by atoms with Crippen LogP contribution in [-0.4, -0.2) is 17.1 Å². The minimum absolute atomic E-state index is 0.286. The lowest BCUT2D eigenvalue weighted by molar-refractivity contribution is 0.0956. The molecule has 1 amide bonds. The molecule has 0 bridgehead atoms. The summed E-state index contributed by atoms with van der Waals surface area (Å²) in [5.41, 5.74) is 7.71. The summed E-state index contributed by atoms with van der Waals surface area (Å²) in [6.07, 6.45) is 5.74. The van der Waals surface area contributed by atoms with E-state index >= 15 is 0 Å². The molecule has 2 aromatic carbocycles. The van der Waals surface area contributed by atoms with Gasteiger partial charge in [-0.3, -0.25) is 4.79 Å². The lowest BCUT2D eigenvalue weighted by atomic mass is 9.96. The Morgan fingerprint density at radius 1 is 1.17 bits per heavy atom. The van der Waals surface area contributed by atoms with Crippen LogP contribution in [0, 0.1) is 0 Å². The summed E-state index contributed by atoms with van der Waals surface area (Å²) in [5, 5.41) is 4.82. The normalized spacial score (nSPS) is 12.3. The minimum Gasteiger partial charge on any atom is -0.472 e. The number of carbonyl (C=O) groups is 1. The van der Waals surface area contributed by atoms with Gasteiger partial charge in [0.25, 0.3) is 5.91 Å². The number of hydrogen-bond donors (Lipinski definition) is 1. The number of carbonyl (C=O) groups excluding carboxylic acids is 1. The summed E-state index contributed by atoms with van der Waals surface area (Å²) in [6, 6.07) is 19.6. The van der Waals surface area contributed by atoms with E-state index < -0.39 is 0 Å².